The van der Waals surface area contributed by atoms with E-state index in [4.69, 9.17) is 0 Å². The normalized spacial score (nSPS) is 13.2. The van der Waals surface area contributed by atoms with E-state index in [0.29, 0.717) is 12.0 Å². The van der Waals surface area contributed by atoms with Crippen molar-refractivity contribution in [3.8, 4) is 0 Å². The van der Waals surface area contributed by atoms with Crippen LogP contribution in [0.5, 0.6) is 0 Å². The minimum absolute atomic E-state index is 0.117. The molecule has 9 nitrogen and oxygen atoms in total. The molecule has 0 aromatic carbocycles. The minimum Gasteiger partial charge on any atom is -0.394 e. The van der Waals surface area contributed by atoms with E-state index < -0.39 is 23.9 Å². The molecular weight excluding hydrogens is 350 g/mol. The van der Waals surface area contributed by atoms with Gasteiger partial charge in [0, 0.05) is 30.6 Å². The van der Waals surface area contributed by atoms with Gasteiger partial charge in [-0.1, -0.05) is 19.9 Å². The number of H-pyrrole nitrogens is 2. The van der Waals surface area contributed by atoms with Crippen molar-refractivity contribution in [1.29, 1.82) is 0 Å². The second-order valence-corrected chi connectivity index (χ2v) is 6.71. The van der Waals surface area contributed by atoms with Crippen LogP contribution in [0.3, 0.4) is 0 Å². The molecule has 9 heteroatoms. The van der Waals surface area contributed by atoms with Crippen LogP contribution in [-0.2, 0) is 11.2 Å². The van der Waals surface area contributed by atoms with Crippen LogP contribution in [-0.4, -0.2) is 50.6 Å². The van der Waals surface area contributed by atoms with E-state index in [-0.39, 0.29) is 30.3 Å². The number of nitrogens with one attached hydrogen (secondary N) is 4. The third-order valence-electron chi connectivity index (χ3n) is 3.98. The quantitative estimate of drug-likeness (QED) is 0.418. The summed E-state index contributed by atoms with van der Waals surface area (Å²) >= 11 is 0. The molecule has 0 spiro atoms. The average molecular weight is 375 g/mol. The van der Waals surface area contributed by atoms with Gasteiger partial charge in [0.1, 0.15) is 6.04 Å². The highest BCUT2D eigenvalue weighted by Gasteiger charge is 2.25. The number of aliphatic hydroxyl groups is 1. The summed E-state index contributed by atoms with van der Waals surface area (Å²) in [5.41, 5.74) is 0.187. The number of amides is 2. The number of nitrogens with zero attached hydrogens (tertiary/aromatic N) is 1. The molecule has 0 fully saturated rings. The highest BCUT2D eigenvalue weighted by molar-refractivity contribution is 5.94. The molecule has 2 amide bonds. The van der Waals surface area contributed by atoms with Crippen LogP contribution in [0.2, 0.25) is 0 Å². The predicted octanol–water partition coefficient (Wildman–Crippen LogP) is -0.0377. The van der Waals surface area contributed by atoms with Crippen molar-refractivity contribution >= 4 is 11.8 Å². The molecule has 0 bridgehead atoms. The molecule has 2 rings (SSSR count). The Morgan fingerprint density at radius 3 is 2.59 bits per heavy atom. The van der Waals surface area contributed by atoms with Crippen LogP contribution >= 0.6 is 0 Å². The molecule has 5 N–H and O–H groups in total. The lowest BCUT2D eigenvalue weighted by molar-refractivity contribution is -0.124. The number of pyridine rings is 1. The zero-order chi connectivity index (χ0) is 19.8. The Balaban J connectivity index is 2.05. The first-order valence-electron chi connectivity index (χ1n) is 8.78. The fourth-order valence-electron chi connectivity index (χ4n) is 2.66. The van der Waals surface area contributed by atoms with Gasteiger partial charge in [-0.25, -0.2) is 4.98 Å². The third kappa shape index (κ3) is 6.07. The molecule has 146 valence electrons. The highest BCUT2D eigenvalue weighted by atomic mass is 16.3. The SMILES string of the molecule is CC(C)C[C@H](NC(=O)c1ncc[nH]1)C(=O)N[C@H](CO)Cc1ccc[nH]c1=O. The van der Waals surface area contributed by atoms with Crippen LogP contribution in [0.15, 0.2) is 35.5 Å². The average Bonchev–Trinajstić information content (AvgIpc) is 3.16. The molecule has 2 heterocycles. The number of imidazole rings is 1. The molecule has 2 atom stereocenters. The van der Waals surface area contributed by atoms with Gasteiger partial charge >= 0.3 is 0 Å². The Morgan fingerprint density at radius 1 is 1.22 bits per heavy atom. The number of carbonyl (C=O) groups excluding carboxylic acids is 2. The van der Waals surface area contributed by atoms with Gasteiger partial charge in [-0.05, 0) is 18.4 Å². The van der Waals surface area contributed by atoms with E-state index >= 15 is 0 Å². The Kier molecular flexibility index (Phi) is 7.30. The summed E-state index contributed by atoms with van der Waals surface area (Å²) in [5, 5.41) is 15.0. The molecule has 0 saturated heterocycles. The maximum absolute atomic E-state index is 12.7. The maximum atomic E-state index is 12.7. The van der Waals surface area contributed by atoms with Crippen LogP contribution in [0.4, 0.5) is 0 Å². The van der Waals surface area contributed by atoms with Crippen LogP contribution in [0.25, 0.3) is 0 Å². The van der Waals surface area contributed by atoms with E-state index in [9.17, 15) is 19.5 Å². The van der Waals surface area contributed by atoms with Crippen molar-refractivity contribution < 1.29 is 14.7 Å². The number of aromatic amines is 2. The van der Waals surface area contributed by atoms with Gasteiger partial charge in [-0.3, -0.25) is 14.4 Å². The number of aliphatic hydroxyl groups excluding tert-OH is 1. The predicted molar refractivity (Wildman–Crippen MR) is 99.1 cm³/mol. The minimum atomic E-state index is -0.786. The summed E-state index contributed by atoms with van der Waals surface area (Å²) < 4.78 is 0. The molecule has 0 unspecified atom stereocenters. The summed E-state index contributed by atoms with van der Waals surface area (Å²) in [6.45, 7) is 3.54. The highest BCUT2D eigenvalue weighted by Crippen LogP contribution is 2.07. The second-order valence-electron chi connectivity index (χ2n) is 6.71. The number of hydrogen-bond acceptors (Lipinski definition) is 5. The van der Waals surface area contributed by atoms with Crippen LogP contribution in [0, 0.1) is 5.92 Å². The maximum Gasteiger partial charge on any atom is 0.287 e. The molecule has 0 aliphatic carbocycles. The Morgan fingerprint density at radius 2 is 2.00 bits per heavy atom. The first kappa shape index (κ1) is 20.4. The van der Waals surface area contributed by atoms with Crippen molar-refractivity contribution in [3.05, 3.63) is 52.5 Å². The summed E-state index contributed by atoms with van der Waals surface area (Å²) in [6, 6.07) is 1.89. The lowest BCUT2D eigenvalue weighted by atomic mass is 10.0. The summed E-state index contributed by atoms with van der Waals surface area (Å²) in [5.74, 6) is -0.635. The smallest absolute Gasteiger partial charge is 0.287 e. The van der Waals surface area contributed by atoms with Crippen molar-refractivity contribution in [1.82, 2.24) is 25.6 Å². The summed E-state index contributed by atoms with van der Waals surface area (Å²) in [7, 11) is 0. The molecule has 2 aromatic rings. The second kappa shape index (κ2) is 9.67. The van der Waals surface area contributed by atoms with E-state index in [1.165, 1.54) is 18.6 Å². The Bertz CT molecular complexity index is 800. The Labute approximate surface area is 156 Å². The molecule has 0 saturated carbocycles. The molecule has 27 heavy (non-hydrogen) atoms. The summed E-state index contributed by atoms with van der Waals surface area (Å²) in [6.07, 6.45) is 5.08. The van der Waals surface area contributed by atoms with Crippen molar-refractivity contribution in [2.24, 2.45) is 5.92 Å². The third-order valence-corrected chi connectivity index (χ3v) is 3.98. The van der Waals surface area contributed by atoms with Crippen molar-refractivity contribution in [3.63, 3.8) is 0 Å². The standard InChI is InChI=1S/C18H25N5O4/c1-11(2)8-14(23-18(27)15-19-6-7-20-15)17(26)22-13(10-24)9-12-4-3-5-21-16(12)25/h3-7,11,13-14,24H,8-10H2,1-2H3,(H,19,20)(H,21,25)(H,22,26)(H,23,27)/t13-,14-/m0/s1. The first-order valence-corrected chi connectivity index (χ1v) is 8.78. The first-order chi connectivity index (χ1) is 12.9. The zero-order valence-corrected chi connectivity index (χ0v) is 15.4. The van der Waals surface area contributed by atoms with E-state index in [2.05, 4.69) is 25.6 Å². The molecule has 0 radical (unpaired) electrons. The lowest BCUT2D eigenvalue weighted by Gasteiger charge is -2.23. The van der Waals surface area contributed by atoms with Gasteiger partial charge in [0.25, 0.3) is 11.5 Å². The van der Waals surface area contributed by atoms with E-state index in [1.807, 2.05) is 13.8 Å². The van der Waals surface area contributed by atoms with Gasteiger partial charge in [-0.2, -0.15) is 0 Å². The molecule has 2 aromatic heterocycles. The van der Waals surface area contributed by atoms with Crippen LogP contribution in [0.1, 0.15) is 36.5 Å². The molecule has 0 aliphatic heterocycles. The van der Waals surface area contributed by atoms with Crippen LogP contribution < -0.4 is 16.2 Å². The van der Waals surface area contributed by atoms with Gasteiger partial charge in [0.15, 0.2) is 5.82 Å². The largest absolute Gasteiger partial charge is 0.394 e. The Hall–Kier alpha value is -2.94. The van der Waals surface area contributed by atoms with E-state index in [1.54, 1.807) is 12.1 Å². The number of carbonyl (C=O) groups is 2. The monoisotopic (exact) mass is 375 g/mol. The van der Waals surface area contributed by atoms with Gasteiger partial charge < -0.3 is 25.7 Å². The van der Waals surface area contributed by atoms with E-state index in [0.717, 1.165) is 0 Å². The number of rotatable bonds is 9. The topological polar surface area (TPSA) is 140 Å². The van der Waals surface area contributed by atoms with Crippen molar-refractivity contribution in [2.75, 3.05) is 6.61 Å². The fraction of sp³-hybridized carbons (Fsp3) is 0.444. The molecule has 0 aliphatic rings. The van der Waals surface area contributed by atoms with Gasteiger partial charge in [-0.15, -0.1) is 0 Å². The van der Waals surface area contributed by atoms with Crippen molar-refractivity contribution in [2.45, 2.75) is 38.8 Å². The summed E-state index contributed by atoms with van der Waals surface area (Å²) in [4.78, 5) is 45.8. The van der Waals surface area contributed by atoms with Gasteiger partial charge in [0.2, 0.25) is 5.91 Å². The number of hydrogen-bond donors (Lipinski definition) is 5. The lowest BCUT2D eigenvalue weighted by Crippen LogP contribution is -2.51. The van der Waals surface area contributed by atoms with Gasteiger partial charge in [0.05, 0.1) is 12.6 Å². The fourth-order valence-corrected chi connectivity index (χ4v) is 2.66. The molecular formula is C18H25N5O4. The zero-order valence-electron chi connectivity index (χ0n) is 15.4. The number of aromatic nitrogens is 3.